The highest BCUT2D eigenvalue weighted by Crippen LogP contribution is 2.30. The molecule has 0 spiro atoms. The quantitative estimate of drug-likeness (QED) is 0.661. The topological polar surface area (TPSA) is 9.23 Å². The van der Waals surface area contributed by atoms with Crippen LogP contribution in [0.25, 0.3) is 0 Å². The van der Waals surface area contributed by atoms with Crippen molar-refractivity contribution in [1.29, 1.82) is 0 Å². The Morgan fingerprint density at radius 1 is 1.31 bits per heavy atom. The third kappa shape index (κ3) is 2.88. The van der Waals surface area contributed by atoms with Gasteiger partial charge in [-0.1, -0.05) is 39.0 Å². The minimum absolute atomic E-state index is 0.492. The maximum absolute atomic E-state index is 5.38. The number of benzene rings is 1. The molecule has 1 atom stereocenters. The molecule has 16 heavy (non-hydrogen) atoms. The number of ether oxygens (including phenoxy) is 1. The average molecular weight is 218 g/mol. The highest BCUT2D eigenvalue weighted by molar-refractivity contribution is 5.40. The Balaban J connectivity index is 3.06. The molecule has 0 aliphatic carbocycles. The number of hydrogen-bond acceptors (Lipinski definition) is 1. The summed E-state index contributed by atoms with van der Waals surface area (Å²) in [5.41, 5.74) is 2.65. The molecule has 1 rings (SSSR count). The summed E-state index contributed by atoms with van der Waals surface area (Å²) in [5, 5.41) is 0. The minimum Gasteiger partial charge on any atom is -0.496 e. The van der Waals surface area contributed by atoms with Crippen LogP contribution in [0.3, 0.4) is 0 Å². The first-order chi connectivity index (χ1) is 7.60. The first-order valence-electron chi connectivity index (χ1n) is 5.88. The summed E-state index contributed by atoms with van der Waals surface area (Å²) in [5.74, 6) is 2.01. The molecular formula is C15H22O. The molecule has 1 aromatic rings. The standard InChI is InChI=1S/C15H22O/c1-6-7-12(4)13-8-9-15(16-5)14(10-13)11(2)3/h6,8-12H,1,7H2,2-5H3. The lowest BCUT2D eigenvalue weighted by Crippen LogP contribution is -1.98. The van der Waals surface area contributed by atoms with Crippen LogP contribution in [0.15, 0.2) is 30.9 Å². The van der Waals surface area contributed by atoms with Crippen molar-refractivity contribution >= 4 is 0 Å². The zero-order valence-corrected chi connectivity index (χ0v) is 10.8. The van der Waals surface area contributed by atoms with Crippen LogP contribution in [0, 0.1) is 0 Å². The molecule has 1 unspecified atom stereocenters. The van der Waals surface area contributed by atoms with Gasteiger partial charge in [0.25, 0.3) is 0 Å². The summed E-state index contributed by atoms with van der Waals surface area (Å²) in [6.07, 6.45) is 2.99. The number of allylic oxidation sites excluding steroid dienone is 1. The molecule has 0 aliphatic rings. The lowest BCUT2D eigenvalue weighted by Gasteiger charge is -2.16. The van der Waals surface area contributed by atoms with Gasteiger partial charge >= 0.3 is 0 Å². The molecule has 1 heteroatoms. The molecule has 0 fully saturated rings. The van der Waals surface area contributed by atoms with Gasteiger partial charge in [0.05, 0.1) is 7.11 Å². The van der Waals surface area contributed by atoms with E-state index < -0.39 is 0 Å². The summed E-state index contributed by atoms with van der Waals surface area (Å²) >= 11 is 0. The Labute approximate surface area is 99.1 Å². The largest absolute Gasteiger partial charge is 0.496 e. The van der Waals surface area contributed by atoms with Crippen molar-refractivity contribution in [2.45, 2.75) is 39.0 Å². The fourth-order valence-electron chi connectivity index (χ4n) is 1.90. The Morgan fingerprint density at radius 2 is 2.00 bits per heavy atom. The predicted octanol–water partition coefficient (Wildman–Crippen LogP) is 4.50. The molecule has 0 bridgehead atoms. The molecule has 88 valence electrons. The van der Waals surface area contributed by atoms with E-state index in [4.69, 9.17) is 4.74 Å². The summed E-state index contributed by atoms with van der Waals surface area (Å²) in [6, 6.07) is 6.49. The fourth-order valence-corrected chi connectivity index (χ4v) is 1.90. The molecule has 0 saturated carbocycles. The Hall–Kier alpha value is -1.24. The van der Waals surface area contributed by atoms with E-state index >= 15 is 0 Å². The summed E-state index contributed by atoms with van der Waals surface area (Å²) in [7, 11) is 1.73. The van der Waals surface area contributed by atoms with Gasteiger partial charge in [-0.2, -0.15) is 0 Å². The van der Waals surface area contributed by atoms with Crippen molar-refractivity contribution < 1.29 is 4.74 Å². The van der Waals surface area contributed by atoms with Crippen LogP contribution in [0.5, 0.6) is 5.75 Å². The van der Waals surface area contributed by atoms with Crippen LogP contribution >= 0.6 is 0 Å². The van der Waals surface area contributed by atoms with Crippen molar-refractivity contribution in [3.05, 3.63) is 42.0 Å². The van der Waals surface area contributed by atoms with Crippen molar-refractivity contribution in [3.63, 3.8) is 0 Å². The molecule has 0 N–H and O–H groups in total. The van der Waals surface area contributed by atoms with Crippen LogP contribution in [0.2, 0.25) is 0 Å². The number of hydrogen-bond donors (Lipinski definition) is 0. The third-order valence-corrected chi connectivity index (χ3v) is 2.97. The van der Waals surface area contributed by atoms with Gasteiger partial charge in [0, 0.05) is 0 Å². The average Bonchev–Trinajstić information content (AvgIpc) is 2.28. The third-order valence-electron chi connectivity index (χ3n) is 2.97. The maximum atomic E-state index is 5.38. The van der Waals surface area contributed by atoms with E-state index in [1.807, 2.05) is 6.08 Å². The number of rotatable bonds is 5. The fraction of sp³-hybridized carbons (Fsp3) is 0.467. The maximum Gasteiger partial charge on any atom is 0.122 e. The molecule has 0 aliphatic heterocycles. The molecule has 0 aromatic heterocycles. The second kappa shape index (κ2) is 5.74. The second-order valence-electron chi connectivity index (χ2n) is 4.58. The van der Waals surface area contributed by atoms with Gasteiger partial charge in [0.1, 0.15) is 5.75 Å². The minimum atomic E-state index is 0.492. The monoisotopic (exact) mass is 218 g/mol. The van der Waals surface area contributed by atoms with E-state index in [2.05, 4.69) is 45.5 Å². The van der Waals surface area contributed by atoms with E-state index in [9.17, 15) is 0 Å². The zero-order chi connectivity index (χ0) is 12.1. The van der Waals surface area contributed by atoms with Crippen LogP contribution in [0.1, 0.15) is 50.2 Å². The van der Waals surface area contributed by atoms with E-state index in [1.54, 1.807) is 7.11 Å². The molecule has 1 nitrogen and oxygen atoms in total. The first-order valence-corrected chi connectivity index (χ1v) is 5.88. The van der Waals surface area contributed by atoms with Crippen LogP contribution < -0.4 is 4.74 Å². The van der Waals surface area contributed by atoms with Crippen LogP contribution in [-0.4, -0.2) is 7.11 Å². The van der Waals surface area contributed by atoms with Crippen LogP contribution in [0.4, 0.5) is 0 Å². The van der Waals surface area contributed by atoms with Gasteiger partial charge in [-0.15, -0.1) is 6.58 Å². The smallest absolute Gasteiger partial charge is 0.122 e. The van der Waals surface area contributed by atoms with Crippen LogP contribution in [-0.2, 0) is 0 Å². The van der Waals surface area contributed by atoms with Crippen molar-refractivity contribution in [1.82, 2.24) is 0 Å². The summed E-state index contributed by atoms with van der Waals surface area (Å²) in [6.45, 7) is 10.4. The Kier molecular flexibility index (Phi) is 4.60. The van der Waals surface area contributed by atoms with Gasteiger partial charge in [0.15, 0.2) is 0 Å². The Morgan fingerprint density at radius 3 is 2.50 bits per heavy atom. The van der Waals surface area contributed by atoms with E-state index in [0.717, 1.165) is 12.2 Å². The summed E-state index contributed by atoms with van der Waals surface area (Å²) < 4.78 is 5.38. The lowest BCUT2D eigenvalue weighted by atomic mass is 9.92. The highest BCUT2D eigenvalue weighted by atomic mass is 16.5. The SMILES string of the molecule is C=CCC(C)c1ccc(OC)c(C(C)C)c1. The molecule has 0 heterocycles. The van der Waals surface area contributed by atoms with Gasteiger partial charge < -0.3 is 4.74 Å². The van der Waals surface area contributed by atoms with E-state index in [-0.39, 0.29) is 0 Å². The normalized spacial score (nSPS) is 12.6. The summed E-state index contributed by atoms with van der Waals surface area (Å²) in [4.78, 5) is 0. The first kappa shape index (κ1) is 12.8. The lowest BCUT2D eigenvalue weighted by molar-refractivity contribution is 0.407. The van der Waals surface area contributed by atoms with Gasteiger partial charge in [0.2, 0.25) is 0 Å². The Bertz CT molecular complexity index is 352. The van der Waals surface area contributed by atoms with E-state index in [0.29, 0.717) is 11.8 Å². The molecule has 0 saturated heterocycles. The van der Waals surface area contributed by atoms with Crippen molar-refractivity contribution in [2.75, 3.05) is 7.11 Å². The molecule has 1 aromatic carbocycles. The van der Waals surface area contributed by atoms with E-state index in [1.165, 1.54) is 11.1 Å². The predicted molar refractivity (Wildman–Crippen MR) is 70.3 cm³/mol. The van der Waals surface area contributed by atoms with Crippen molar-refractivity contribution in [3.8, 4) is 5.75 Å². The number of methoxy groups -OCH3 is 1. The molecular weight excluding hydrogens is 196 g/mol. The highest BCUT2D eigenvalue weighted by Gasteiger charge is 2.11. The zero-order valence-electron chi connectivity index (χ0n) is 10.8. The molecule has 0 radical (unpaired) electrons. The van der Waals surface area contributed by atoms with Gasteiger partial charge in [-0.25, -0.2) is 0 Å². The van der Waals surface area contributed by atoms with Gasteiger partial charge in [-0.05, 0) is 35.4 Å². The van der Waals surface area contributed by atoms with Crippen molar-refractivity contribution in [2.24, 2.45) is 0 Å². The molecule has 0 amide bonds. The second-order valence-corrected chi connectivity index (χ2v) is 4.58. The van der Waals surface area contributed by atoms with Gasteiger partial charge in [-0.3, -0.25) is 0 Å².